The summed E-state index contributed by atoms with van der Waals surface area (Å²) in [7, 11) is 0. The van der Waals surface area contributed by atoms with Crippen LogP contribution in [0.3, 0.4) is 0 Å². The summed E-state index contributed by atoms with van der Waals surface area (Å²) in [6.45, 7) is 11.5. The lowest BCUT2D eigenvalue weighted by molar-refractivity contribution is 0.580. The molecule has 0 unspecified atom stereocenters. The molecule has 0 saturated heterocycles. The summed E-state index contributed by atoms with van der Waals surface area (Å²) in [6, 6.07) is 0.475. The Kier molecular flexibility index (Phi) is 6.65. The van der Waals surface area contributed by atoms with Crippen LogP contribution >= 0.6 is 0 Å². The zero-order chi connectivity index (χ0) is 13.4. The lowest BCUT2D eigenvalue weighted by Gasteiger charge is -2.21. The SMILES string of the molecule is CCCCN(CC)c1cnc(CNC(C)C)cn1. The molecule has 1 N–H and O–H groups in total. The van der Waals surface area contributed by atoms with E-state index in [-0.39, 0.29) is 0 Å². The predicted octanol–water partition coefficient (Wildman–Crippen LogP) is 2.60. The smallest absolute Gasteiger partial charge is 0.147 e. The van der Waals surface area contributed by atoms with E-state index in [1.54, 1.807) is 0 Å². The van der Waals surface area contributed by atoms with E-state index >= 15 is 0 Å². The Morgan fingerprint density at radius 3 is 2.50 bits per heavy atom. The quantitative estimate of drug-likeness (QED) is 0.770. The molecule has 0 aliphatic carbocycles. The van der Waals surface area contributed by atoms with Crippen LogP contribution in [-0.2, 0) is 6.54 Å². The Balaban J connectivity index is 2.57. The van der Waals surface area contributed by atoms with E-state index in [4.69, 9.17) is 0 Å². The molecule has 1 rings (SSSR count). The number of nitrogens with one attached hydrogen (secondary N) is 1. The number of unbranched alkanes of at least 4 members (excludes halogenated alkanes) is 1. The van der Waals surface area contributed by atoms with Crippen LogP contribution in [0, 0.1) is 0 Å². The Morgan fingerprint density at radius 1 is 1.22 bits per heavy atom. The summed E-state index contributed by atoms with van der Waals surface area (Å²) in [6.07, 6.45) is 6.17. The van der Waals surface area contributed by atoms with Crippen LogP contribution in [0.25, 0.3) is 0 Å². The van der Waals surface area contributed by atoms with Gasteiger partial charge in [-0.3, -0.25) is 4.98 Å². The molecule has 1 aromatic heterocycles. The lowest BCUT2D eigenvalue weighted by Crippen LogP contribution is -2.26. The molecule has 0 aliphatic rings. The fourth-order valence-corrected chi connectivity index (χ4v) is 1.69. The van der Waals surface area contributed by atoms with Gasteiger partial charge < -0.3 is 10.2 Å². The summed E-state index contributed by atoms with van der Waals surface area (Å²) < 4.78 is 0. The van der Waals surface area contributed by atoms with Crippen molar-refractivity contribution in [3.63, 3.8) is 0 Å². The fourth-order valence-electron chi connectivity index (χ4n) is 1.69. The van der Waals surface area contributed by atoms with Crippen molar-refractivity contribution in [3.8, 4) is 0 Å². The van der Waals surface area contributed by atoms with Crippen LogP contribution in [-0.4, -0.2) is 29.1 Å². The fraction of sp³-hybridized carbons (Fsp3) is 0.714. The van der Waals surface area contributed by atoms with Crippen LogP contribution in [0.5, 0.6) is 0 Å². The van der Waals surface area contributed by atoms with Gasteiger partial charge in [-0.1, -0.05) is 27.2 Å². The summed E-state index contributed by atoms with van der Waals surface area (Å²) in [5.74, 6) is 0.985. The molecule has 1 heterocycles. The number of hydrogen-bond donors (Lipinski definition) is 1. The highest BCUT2D eigenvalue weighted by Gasteiger charge is 2.05. The highest BCUT2D eigenvalue weighted by molar-refractivity contribution is 5.35. The van der Waals surface area contributed by atoms with Gasteiger partial charge in [-0.25, -0.2) is 4.98 Å². The van der Waals surface area contributed by atoms with Crippen molar-refractivity contribution in [3.05, 3.63) is 18.1 Å². The van der Waals surface area contributed by atoms with Crippen LogP contribution in [0.4, 0.5) is 5.82 Å². The first-order chi connectivity index (χ1) is 8.67. The first-order valence-electron chi connectivity index (χ1n) is 6.96. The van der Waals surface area contributed by atoms with E-state index in [9.17, 15) is 0 Å². The Bertz CT molecular complexity index is 321. The third kappa shape index (κ3) is 5.00. The highest BCUT2D eigenvalue weighted by Crippen LogP contribution is 2.09. The summed E-state index contributed by atoms with van der Waals surface area (Å²) in [5, 5.41) is 3.34. The molecule has 0 saturated carbocycles. The molecule has 102 valence electrons. The maximum atomic E-state index is 4.50. The molecule has 0 aromatic carbocycles. The average molecular weight is 250 g/mol. The normalized spacial score (nSPS) is 10.9. The third-order valence-corrected chi connectivity index (χ3v) is 2.87. The minimum Gasteiger partial charge on any atom is -0.356 e. The second kappa shape index (κ2) is 8.03. The second-order valence-electron chi connectivity index (χ2n) is 4.83. The minimum atomic E-state index is 0.475. The van der Waals surface area contributed by atoms with Gasteiger partial charge in [0.25, 0.3) is 0 Å². The molecule has 0 fully saturated rings. The van der Waals surface area contributed by atoms with Gasteiger partial charge in [0.05, 0.1) is 18.1 Å². The van der Waals surface area contributed by atoms with E-state index in [1.807, 2.05) is 12.4 Å². The van der Waals surface area contributed by atoms with Crippen molar-refractivity contribution >= 4 is 5.82 Å². The number of hydrogen-bond acceptors (Lipinski definition) is 4. The van der Waals surface area contributed by atoms with Crippen molar-refractivity contribution in [2.45, 2.75) is 53.1 Å². The number of rotatable bonds is 8. The highest BCUT2D eigenvalue weighted by atomic mass is 15.2. The van der Waals surface area contributed by atoms with Gasteiger partial charge in [0.2, 0.25) is 0 Å². The van der Waals surface area contributed by atoms with E-state index in [2.05, 4.69) is 47.9 Å². The lowest BCUT2D eigenvalue weighted by atomic mass is 10.3. The minimum absolute atomic E-state index is 0.475. The Hall–Kier alpha value is -1.16. The Morgan fingerprint density at radius 2 is 2.00 bits per heavy atom. The van der Waals surface area contributed by atoms with Crippen molar-refractivity contribution in [1.82, 2.24) is 15.3 Å². The van der Waals surface area contributed by atoms with Crippen LogP contribution < -0.4 is 10.2 Å². The monoisotopic (exact) mass is 250 g/mol. The maximum absolute atomic E-state index is 4.50. The van der Waals surface area contributed by atoms with Crippen LogP contribution in [0.1, 0.15) is 46.2 Å². The number of anilines is 1. The zero-order valence-electron chi connectivity index (χ0n) is 12.1. The van der Waals surface area contributed by atoms with Crippen molar-refractivity contribution < 1.29 is 0 Å². The summed E-state index contributed by atoms with van der Waals surface area (Å²) >= 11 is 0. The van der Waals surface area contributed by atoms with Gasteiger partial charge >= 0.3 is 0 Å². The summed E-state index contributed by atoms with van der Waals surface area (Å²) in [4.78, 5) is 11.2. The van der Waals surface area contributed by atoms with Gasteiger partial charge in [-0.2, -0.15) is 0 Å². The second-order valence-corrected chi connectivity index (χ2v) is 4.83. The molecular weight excluding hydrogens is 224 g/mol. The molecule has 0 spiro atoms. The number of aromatic nitrogens is 2. The molecule has 0 aliphatic heterocycles. The van der Waals surface area contributed by atoms with Crippen LogP contribution in [0.2, 0.25) is 0 Å². The Labute approximate surface area is 111 Å². The standard InChI is InChI=1S/C14H26N4/c1-5-7-8-18(6-2)14-11-16-13(10-17-14)9-15-12(3)4/h10-12,15H,5-9H2,1-4H3. The molecule has 0 atom stereocenters. The molecule has 18 heavy (non-hydrogen) atoms. The van der Waals surface area contributed by atoms with E-state index in [1.165, 1.54) is 12.8 Å². The van der Waals surface area contributed by atoms with Gasteiger partial charge in [0.1, 0.15) is 5.82 Å². The van der Waals surface area contributed by atoms with Crippen molar-refractivity contribution in [2.24, 2.45) is 0 Å². The third-order valence-electron chi connectivity index (χ3n) is 2.87. The molecule has 0 radical (unpaired) electrons. The van der Waals surface area contributed by atoms with Gasteiger partial charge in [0, 0.05) is 25.7 Å². The van der Waals surface area contributed by atoms with Crippen molar-refractivity contribution in [2.75, 3.05) is 18.0 Å². The molecule has 1 aromatic rings. The van der Waals surface area contributed by atoms with E-state index in [0.717, 1.165) is 31.1 Å². The molecule has 4 heteroatoms. The first-order valence-corrected chi connectivity index (χ1v) is 6.96. The maximum Gasteiger partial charge on any atom is 0.147 e. The zero-order valence-corrected chi connectivity index (χ0v) is 12.1. The molecule has 0 bridgehead atoms. The predicted molar refractivity (Wildman–Crippen MR) is 76.8 cm³/mol. The van der Waals surface area contributed by atoms with E-state index < -0.39 is 0 Å². The van der Waals surface area contributed by atoms with Crippen molar-refractivity contribution in [1.29, 1.82) is 0 Å². The van der Waals surface area contributed by atoms with E-state index in [0.29, 0.717) is 6.04 Å². The van der Waals surface area contributed by atoms with Crippen LogP contribution in [0.15, 0.2) is 12.4 Å². The van der Waals surface area contributed by atoms with Gasteiger partial charge in [0.15, 0.2) is 0 Å². The van der Waals surface area contributed by atoms with Gasteiger partial charge in [-0.15, -0.1) is 0 Å². The first kappa shape index (κ1) is 14.9. The molecular formula is C14H26N4. The summed E-state index contributed by atoms with van der Waals surface area (Å²) in [5.41, 5.74) is 0.999. The molecule has 4 nitrogen and oxygen atoms in total. The largest absolute Gasteiger partial charge is 0.356 e. The topological polar surface area (TPSA) is 41.1 Å². The van der Waals surface area contributed by atoms with Gasteiger partial charge in [-0.05, 0) is 13.3 Å². The average Bonchev–Trinajstić information content (AvgIpc) is 2.38. The molecule has 0 amide bonds. The number of nitrogens with zero attached hydrogens (tertiary/aromatic N) is 3.